The second-order valence-electron chi connectivity index (χ2n) is 14.4. The van der Waals surface area contributed by atoms with Crippen molar-refractivity contribution >= 4 is 76.3 Å². The van der Waals surface area contributed by atoms with Crippen molar-refractivity contribution in [3.63, 3.8) is 0 Å². The summed E-state index contributed by atoms with van der Waals surface area (Å²) < 4.78 is 13.4. The smallest absolute Gasteiger partial charge is 0.180 e. The molecule has 0 amide bonds. The van der Waals surface area contributed by atoms with Crippen LogP contribution >= 0.6 is 0 Å². The zero-order chi connectivity index (χ0) is 36.7. The largest absolute Gasteiger partial charge is 0.455 e. The van der Waals surface area contributed by atoms with Crippen LogP contribution in [0.15, 0.2) is 191 Å². The fraction of sp³-hybridized carbons (Fsp3) is 0. The lowest BCUT2D eigenvalue weighted by Gasteiger charge is -2.13. The number of hydrogen-bond acceptors (Lipinski definition) is 4. The van der Waals surface area contributed by atoms with Crippen molar-refractivity contribution in [3.05, 3.63) is 182 Å². The summed E-state index contributed by atoms with van der Waals surface area (Å²) in [4.78, 5) is 10.2. The van der Waals surface area contributed by atoms with E-state index in [2.05, 4.69) is 127 Å². The predicted octanol–water partition coefficient (Wildman–Crippen LogP) is 14.4. The molecule has 0 spiro atoms. The second-order valence-corrected chi connectivity index (χ2v) is 14.4. The van der Waals surface area contributed by atoms with Crippen molar-refractivity contribution in [2.45, 2.75) is 0 Å². The molecule has 0 radical (unpaired) electrons. The molecular formula is C52H30N2O2. The van der Waals surface area contributed by atoms with Crippen LogP contribution in [0.5, 0.6) is 0 Å². The van der Waals surface area contributed by atoms with Crippen LogP contribution in [0.1, 0.15) is 0 Å². The van der Waals surface area contributed by atoms with Crippen LogP contribution in [0.25, 0.3) is 121 Å². The molecule has 0 saturated heterocycles. The van der Waals surface area contributed by atoms with Gasteiger partial charge in [-0.15, -0.1) is 0 Å². The number of hydrogen-bond donors (Lipinski definition) is 0. The number of aromatic nitrogens is 2. The van der Waals surface area contributed by atoms with Gasteiger partial charge in [-0.2, -0.15) is 0 Å². The van der Waals surface area contributed by atoms with Crippen molar-refractivity contribution in [1.82, 2.24) is 9.97 Å². The van der Waals surface area contributed by atoms with Crippen molar-refractivity contribution in [1.29, 1.82) is 0 Å². The van der Waals surface area contributed by atoms with Gasteiger partial charge >= 0.3 is 0 Å². The molecule has 9 aromatic carbocycles. The zero-order valence-electron chi connectivity index (χ0n) is 30.0. The molecule has 0 atom stereocenters. The lowest BCUT2D eigenvalue weighted by Crippen LogP contribution is -1.93. The number of nitrogens with zero attached hydrogens (tertiary/aromatic N) is 2. The molecule has 4 heteroatoms. The topological polar surface area (TPSA) is 52.1 Å². The molecule has 3 heterocycles. The van der Waals surface area contributed by atoms with E-state index in [-0.39, 0.29) is 0 Å². The number of furan rings is 2. The van der Waals surface area contributed by atoms with E-state index in [4.69, 9.17) is 18.8 Å². The highest BCUT2D eigenvalue weighted by atomic mass is 16.3. The monoisotopic (exact) mass is 714 g/mol. The van der Waals surface area contributed by atoms with E-state index in [0.717, 1.165) is 77.5 Å². The molecule has 0 unspecified atom stereocenters. The Balaban J connectivity index is 1.09. The van der Waals surface area contributed by atoms with Crippen LogP contribution in [0.3, 0.4) is 0 Å². The Bertz CT molecular complexity index is 3490. The summed E-state index contributed by atoms with van der Waals surface area (Å²) in [5.41, 5.74) is 11.0. The Labute approximate surface area is 320 Å². The van der Waals surface area contributed by atoms with Crippen molar-refractivity contribution < 1.29 is 8.83 Å². The van der Waals surface area contributed by atoms with E-state index >= 15 is 0 Å². The number of rotatable bonds is 4. The van der Waals surface area contributed by atoms with E-state index in [1.54, 1.807) is 0 Å². The average Bonchev–Trinajstić information content (AvgIpc) is 3.85. The van der Waals surface area contributed by atoms with Gasteiger partial charge in [0.25, 0.3) is 0 Å². The van der Waals surface area contributed by atoms with Crippen molar-refractivity contribution in [2.75, 3.05) is 0 Å². The average molecular weight is 715 g/mol. The maximum absolute atomic E-state index is 6.80. The van der Waals surface area contributed by atoms with Gasteiger partial charge in [-0.1, -0.05) is 152 Å². The van der Waals surface area contributed by atoms with Crippen LogP contribution in [0, 0.1) is 0 Å². The highest BCUT2D eigenvalue weighted by Gasteiger charge is 2.22. The zero-order valence-corrected chi connectivity index (χ0v) is 30.0. The molecule has 12 rings (SSSR count). The summed E-state index contributed by atoms with van der Waals surface area (Å²) in [5, 5.41) is 10.6. The third-order valence-corrected chi connectivity index (χ3v) is 11.3. The van der Waals surface area contributed by atoms with Gasteiger partial charge in [0.2, 0.25) is 0 Å². The summed E-state index contributed by atoms with van der Waals surface area (Å²) >= 11 is 0. The summed E-state index contributed by atoms with van der Waals surface area (Å²) in [5.74, 6) is 0.661. The Morgan fingerprint density at radius 1 is 0.321 bits per heavy atom. The first kappa shape index (κ1) is 30.9. The summed E-state index contributed by atoms with van der Waals surface area (Å²) in [6, 6.07) is 63.8. The first-order valence-electron chi connectivity index (χ1n) is 18.9. The van der Waals surface area contributed by atoms with Gasteiger partial charge in [0.15, 0.2) is 11.4 Å². The maximum atomic E-state index is 6.80. The Morgan fingerprint density at radius 3 is 1.57 bits per heavy atom. The van der Waals surface area contributed by atoms with Crippen LogP contribution < -0.4 is 0 Å². The van der Waals surface area contributed by atoms with E-state index in [0.29, 0.717) is 11.4 Å². The van der Waals surface area contributed by atoms with E-state index in [9.17, 15) is 0 Å². The molecule has 260 valence electrons. The quantitative estimate of drug-likeness (QED) is 0.170. The fourth-order valence-electron chi connectivity index (χ4n) is 8.69. The van der Waals surface area contributed by atoms with Gasteiger partial charge in [-0.3, -0.25) is 0 Å². The molecule has 0 aliphatic carbocycles. The summed E-state index contributed by atoms with van der Waals surface area (Å²) in [7, 11) is 0. The van der Waals surface area contributed by atoms with E-state index in [1.807, 2.05) is 54.6 Å². The highest BCUT2D eigenvalue weighted by Crippen LogP contribution is 2.45. The van der Waals surface area contributed by atoms with Crippen LogP contribution in [0.4, 0.5) is 0 Å². The number of fused-ring (bicyclic) bond motifs is 12. The predicted molar refractivity (Wildman–Crippen MR) is 231 cm³/mol. The molecule has 0 saturated carbocycles. The summed E-state index contributed by atoms with van der Waals surface area (Å²) in [6.07, 6.45) is 0. The number of benzene rings is 9. The maximum Gasteiger partial charge on any atom is 0.180 e. The molecule has 0 aliphatic rings. The van der Waals surface area contributed by atoms with Crippen molar-refractivity contribution in [2.24, 2.45) is 0 Å². The molecule has 3 aromatic heterocycles. The minimum absolute atomic E-state index is 0.661. The molecule has 0 aliphatic heterocycles. The third kappa shape index (κ3) is 4.60. The molecular weight excluding hydrogens is 685 g/mol. The van der Waals surface area contributed by atoms with E-state index < -0.39 is 0 Å². The molecule has 56 heavy (non-hydrogen) atoms. The van der Waals surface area contributed by atoms with Gasteiger partial charge in [-0.25, -0.2) is 9.97 Å². The number of para-hydroxylation sites is 1. The molecule has 0 bridgehead atoms. The van der Waals surface area contributed by atoms with Gasteiger partial charge < -0.3 is 8.83 Å². The SMILES string of the molecule is c1ccc(-c2nc(-c3ccccc3)c3oc4ccc(-c5ccc(-c6ccc7c8ccccc8c8ccccc8c7c6)c6oc7ccccc7c56)cc4c3n2)cc1. The van der Waals surface area contributed by atoms with Gasteiger partial charge in [0.1, 0.15) is 28.0 Å². The fourth-order valence-corrected chi connectivity index (χ4v) is 8.69. The minimum Gasteiger partial charge on any atom is -0.455 e. The Morgan fingerprint density at radius 2 is 0.839 bits per heavy atom. The van der Waals surface area contributed by atoms with Crippen LogP contribution in [0.2, 0.25) is 0 Å². The first-order chi connectivity index (χ1) is 27.8. The first-order valence-corrected chi connectivity index (χ1v) is 18.9. The van der Waals surface area contributed by atoms with Gasteiger partial charge in [0.05, 0.1) is 0 Å². The Hall–Kier alpha value is -7.56. The normalized spacial score (nSPS) is 11.9. The molecule has 12 aromatic rings. The minimum atomic E-state index is 0.661. The van der Waals surface area contributed by atoms with Crippen LogP contribution in [-0.2, 0) is 0 Å². The molecule has 0 N–H and O–H groups in total. The van der Waals surface area contributed by atoms with Gasteiger partial charge in [0, 0.05) is 32.8 Å². The van der Waals surface area contributed by atoms with E-state index in [1.165, 1.54) is 32.3 Å². The lowest BCUT2D eigenvalue weighted by molar-refractivity contribution is 0.667. The third-order valence-electron chi connectivity index (χ3n) is 11.3. The molecule has 0 fully saturated rings. The standard InChI is InChI=1S/C52H30N2O2/c1-3-13-31(14-4-1)48-51-49(54-52(53-48)32-15-5-2-6-16-32)44-30-33(24-28-46(44)56-51)35-26-27-36(50-47(35)42-21-11-12-22-45(42)55-50)34-23-25-41-39-19-8-7-17-37(39)38-18-9-10-20-40(38)43(41)29-34/h1-30H. The summed E-state index contributed by atoms with van der Waals surface area (Å²) in [6.45, 7) is 0. The Kier molecular flexibility index (Phi) is 6.60. The lowest BCUT2D eigenvalue weighted by atomic mass is 9.90. The highest BCUT2D eigenvalue weighted by molar-refractivity contribution is 6.26. The van der Waals surface area contributed by atoms with Gasteiger partial charge in [-0.05, 0) is 79.3 Å². The second kappa shape index (κ2) is 12.0. The van der Waals surface area contributed by atoms with Crippen molar-refractivity contribution in [3.8, 4) is 44.9 Å². The van der Waals surface area contributed by atoms with Crippen LogP contribution in [-0.4, -0.2) is 9.97 Å². The molecule has 4 nitrogen and oxygen atoms in total.